The normalized spacial score (nSPS) is 11.1. The van der Waals surface area contributed by atoms with Crippen LogP contribution in [0.2, 0.25) is 0 Å². The summed E-state index contributed by atoms with van der Waals surface area (Å²) in [5, 5.41) is 1.13. The van der Waals surface area contributed by atoms with E-state index in [2.05, 4.69) is 30.7 Å². The Hall–Kier alpha value is -0.740. The Kier molecular flexibility index (Phi) is 2.89. The van der Waals surface area contributed by atoms with Crippen molar-refractivity contribution in [1.82, 2.24) is 9.97 Å². The third kappa shape index (κ3) is 1.84. The Balaban J connectivity index is 2.73. The quantitative estimate of drug-likeness (QED) is 0.803. The molecule has 1 N–H and O–H groups in total. The summed E-state index contributed by atoms with van der Waals surface area (Å²) < 4.78 is 0.838. The highest BCUT2D eigenvalue weighted by Gasteiger charge is 2.09. The van der Waals surface area contributed by atoms with Crippen LogP contribution in [0, 0.1) is 18.5 Å². The van der Waals surface area contributed by atoms with E-state index < -0.39 is 0 Å². The molecule has 0 fully saturated rings. The lowest BCUT2D eigenvalue weighted by atomic mass is 10.2. The largest absolute Gasteiger partial charge is 0.334 e. The molecule has 15 heavy (non-hydrogen) atoms. The maximum atomic E-state index is 5.37. The average molecular weight is 238 g/mol. The van der Waals surface area contributed by atoms with Crippen LogP contribution in [0.1, 0.15) is 29.6 Å². The number of hydrogen-bond acceptors (Lipinski definition) is 3. The maximum Gasteiger partial charge on any atom is 0.128 e. The zero-order chi connectivity index (χ0) is 11.0. The van der Waals surface area contributed by atoms with Crippen molar-refractivity contribution in [1.29, 1.82) is 0 Å². The van der Waals surface area contributed by atoms with Gasteiger partial charge in [-0.25, -0.2) is 4.98 Å². The lowest BCUT2D eigenvalue weighted by Gasteiger charge is -1.99. The van der Waals surface area contributed by atoms with Crippen LogP contribution < -0.4 is 0 Å². The SMILES string of the molecule is CCCc1nc2sc(C)c(C)c2c(=S)[nH]1. The highest BCUT2D eigenvalue weighted by molar-refractivity contribution is 7.71. The average Bonchev–Trinajstić information content (AvgIpc) is 2.43. The molecule has 0 atom stereocenters. The molecule has 0 bridgehead atoms. The van der Waals surface area contributed by atoms with Gasteiger partial charge in [-0.05, 0) is 25.8 Å². The molecular formula is C11H14N2S2. The number of aryl methyl sites for hydroxylation is 3. The Morgan fingerprint density at radius 2 is 2.13 bits per heavy atom. The number of rotatable bonds is 2. The number of aromatic amines is 1. The van der Waals surface area contributed by atoms with Gasteiger partial charge in [0.15, 0.2) is 0 Å². The topological polar surface area (TPSA) is 28.7 Å². The first-order valence-electron chi connectivity index (χ1n) is 5.12. The van der Waals surface area contributed by atoms with E-state index in [9.17, 15) is 0 Å². The van der Waals surface area contributed by atoms with Gasteiger partial charge in [0.2, 0.25) is 0 Å². The predicted molar refractivity (Wildman–Crippen MR) is 68.3 cm³/mol. The summed E-state index contributed by atoms with van der Waals surface area (Å²) in [5.41, 5.74) is 1.27. The van der Waals surface area contributed by atoms with Crippen molar-refractivity contribution < 1.29 is 0 Å². The molecule has 2 nitrogen and oxygen atoms in total. The van der Waals surface area contributed by atoms with Crippen molar-refractivity contribution >= 4 is 33.8 Å². The number of nitrogens with zero attached hydrogens (tertiary/aromatic N) is 1. The van der Waals surface area contributed by atoms with Crippen molar-refractivity contribution in [2.45, 2.75) is 33.6 Å². The minimum atomic E-state index is 0.838. The summed E-state index contributed by atoms with van der Waals surface area (Å²) in [4.78, 5) is 10.2. The van der Waals surface area contributed by atoms with E-state index in [-0.39, 0.29) is 0 Å². The van der Waals surface area contributed by atoms with Crippen LogP contribution in [0.5, 0.6) is 0 Å². The Bertz CT molecular complexity index is 551. The molecule has 0 radical (unpaired) electrons. The van der Waals surface area contributed by atoms with Crippen LogP contribution in [0.3, 0.4) is 0 Å². The second-order valence-electron chi connectivity index (χ2n) is 3.73. The summed E-state index contributed by atoms with van der Waals surface area (Å²) in [6.07, 6.45) is 2.06. The van der Waals surface area contributed by atoms with Gasteiger partial charge in [-0.3, -0.25) is 0 Å². The monoisotopic (exact) mass is 238 g/mol. The van der Waals surface area contributed by atoms with E-state index in [1.165, 1.54) is 10.4 Å². The third-order valence-electron chi connectivity index (χ3n) is 2.57. The van der Waals surface area contributed by atoms with Gasteiger partial charge in [0.1, 0.15) is 15.3 Å². The zero-order valence-corrected chi connectivity index (χ0v) is 10.8. The fourth-order valence-electron chi connectivity index (χ4n) is 1.65. The molecule has 2 aromatic rings. The molecule has 2 heterocycles. The number of H-pyrrole nitrogens is 1. The first-order chi connectivity index (χ1) is 7.13. The molecule has 0 aliphatic heterocycles. The van der Waals surface area contributed by atoms with Crippen LogP contribution >= 0.6 is 23.6 Å². The van der Waals surface area contributed by atoms with Crippen LogP contribution in [0.15, 0.2) is 0 Å². The van der Waals surface area contributed by atoms with Gasteiger partial charge in [0, 0.05) is 16.7 Å². The molecule has 4 heteroatoms. The van der Waals surface area contributed by atoms with Gasteiger partial charge in [-0.15, -0.1) is 11.3 Å². The summed E-state index contributed by atoms with van der Waals surface area (Å²) in [7, 11) is 0. The summed E-state index contributed by atoms with van der Waals surface area (Å²) in [6, 6.07) is 0. The molecular weight excluding hydrogens is 224 g/mol. The standard InChI is InChI=1S/C11H14N2S2/c1-4-5-8-12-10(14)9-6(2)7(3)15-11(9)13-8/h4-5H2,1-3H3,(H,12,13,14). The van der Waals surface area contributed by atoms with E-state index in [1.54, 1.807) is 11.3 Å². The van der Waals surface area contributed by atoms with Crippen molar-refractivity contribution in [3.63, 3.8) is 0 Å². The van der Waals surface area contributed by atoms with Crippen LogP contribution in [-0.4, -0.2) is 9.97 Å². The molecule has 0 amide bonds. The molecule has 2 rings (SSSR count). The van der Waals surface area contributed by atoms with E-state index in [0.717, 1.165) is 33.5 Å². The molecule has 0 unspecified atom stereocenters. The van der Waals surface area contributed by atoms with Gasteiger partial charge in [0.05, 0.1) is 0 Å². The van der Waals surface area contributed by atoms with E-state index in [0.29, 0.717) is 0 Å². The van der Waals surface area contributed by atoms with E-state index in [1.807, 2.05) is 0 Å². The van der Waals surface area contributed by atoms with E-state index >= 15 is 0 Å². The third-order valence-corrected chi connectivity index (χ3v) is 3.98. The van der Waals surface area contributed by atoms with Crippen molar-refractivity contribution in [3.8, 4) is 0 Å². The number of hydrogen-bond donors (Lipinski definition) is 1. The minimum Gasteiger partial charge on any atom is -0.334 e. The minimum absolute atomic E-state index is 0.838. The number of nitrogens with one attached hydrogen (secondary N) is 1. The summed E-state index contributed by atoms with van der Waals surface area (Å²) >= 11 is 7.10. The summed E-state index contributed by atoms with van der Waals surface area (Å²) in [5.74, 6) is 1.01. The smallest absolute Gasteiger partial charge is 0.128 e. The first kappa shape index (κ1) is 10.8. The molecule has 0 aromatic carbocycles. The Labute approximate surface area is 98.4 Å². The number of aromatic nitrogens is 2. The van der Waals surface area contributed by atoms with Gasteiger partial charge < -0.3 is 4.98 Å². The number of fused-ring (bicyclic) bond motifs is 1. The second-order valence-corrected chi connectivity index (χ2v) is 5.34. The maximum absolute atomic E-state index is 5.37. The molecule has 0 saturated heterocycles. The van der Waals surface area contributed by atoms with Crippen molar-refractivity contribution in [2.75, 3.05) is 0 Å². The predicted octanol–water partition coefficient (Wildman–Crippen LogP) is 3.92. The van der Waals surface area contributed by atoms with Gasteiger partial charge in [-0.1, -0.05) is 19.1 Å². The van der Waals surface area contributed by atoms with Crippen LogP contribution in [-0.2, 0) is 6.42 Å². The first-order valence-corrected chi connectivity index (χ1v) is 6.34. The van der Waals surface area contributed by atoms with Gasteiger partial charge in [-0.2, -0.15) is 0 Å². The molecule has 0 aliphatic rings. The zero-order valence-electron chi connectivity index (χ0n) is 9.18. The van der Waals surface area contributed by atoms with Crippen molar-refractivity contribution in [3.05, 3.63) is 20.9 Å². The lowest BCUT2D eigenvalue weighted by Crippen LogP contribution is -1.94. The molecule has 0 saturated carbocycles. The molecule has 0 spiro atoms. The van der Waals surface area contributed by atoms with Crippen molar-refractivity contribution in [2.24, 2.45) is 0 Å². The highest BCUT2D eigenvalue weighted by atomic mass is 32.1. The molecule has 2 aromatic heterocycles. The molecule has 80 valence electrons. The lowest BCUT2D eigenvalue weighted by molar-refractivity contribution is 0.843. The van der Waals surface area contributed by atoms with Crippen LogP contribution in [0.25, 0.3) is 10.2 Å². The Morgan fingerprint density at radius 3 is 2.80 bits per heavy atom. The highest BCUT2D eigenvalue weighted by Crippen LogP contribution is 2.28. The van der Waals surface area contributed by atoms with Crippen LogP contribution in [0.4, 0.5) is 0 Å². The molecule has 0 aliphatic carbocycles. The van der Waals surface area contributed by atoms with Gasteiger partial charge in [0.25, 0.3) is 0 Å². The fourth-order valence-corrected chi connectivity index (χ4v) is 3.14. The fraction of sp³-hybridized carbons (Fsp3) is 0.455. The summed E-state index contributed by atoms with van der Waals surface area (Å²) in [6.45, 7) is 6.38. The number of thiophene rings is 1. The second kappa shape index (κ2) is 4.02. The van der Waals surface area contributed by atoms with Gasteiger partial charge >= 0.3 is 0 Å². The Morgan fingerprint density at radius 1 is 1.40 bits per heavy atom. The van der Waals surface area contributed by atoms with E-state index in [4.69, 9.17) is 12.2 Å².